The van der Waals surface area contributed by atoms with E-state index in [1.54, 1.807) is 48.5 Å². The van der Waals surface area contributed by atoms with Crippen molar-refractivity contribution < 1.29 is 14.3 Å². The maximum Gasteiger partial charge on any atom is 0.265 e. The number of hydrogen-bond donors (Lipinski definition) is 2. The Morgan fingerprint density at radius 2 is 1.70 bits per heavy atom. The third-order valence-corrected chi connectivity index (χ3v) is 4.50. The van der Waals surface area contributed by atoms with E-state index in [0.717, 1.165) is 6.42 Å². The maximum atomic E-state index is 12.7. The van der Waals surface area contributed by atoms with E-state index in [1.165, 1.54) is 0 Å². The van der Waals surface area contributed by atoms with E-state index in [1.807, 2.05) is 20.8 Å². The first-order chi connectivity index (χ1) is 13.0. The second kappa shape index (κ2) is 9.97. The van der Waals surface area contributed by atoms with Gasteiger partial charge in [0, 0.05) is 6.04 Å². The summed E-state index contributed by atoms with van der Waals surface area (Å²) in [7, 11) is 0. The lowest BCUT2D eigenvalue weighted by Gasteiger charge is -2.19. The monoisotopic (exact) mass is 388 g/mol. The smallest absolute Gasteiger partial charge is 0.265 e. The first kappa shape index (κ1) is 20.8. The summed E-state index contributed by atoms with van der Waals surface area (Å²) >= 11 is 6.11. The van der Waals surface area contributed by atoms with Gasteiger partial charge in [0.25, 0.3) is 11.8 Å². The molecular formula is C21H25ClN2O3. The number of carbonyl (C=O) groups is 2. The Morgan fingerprint density at radius 3 is 2.37 bits per heavy atom. The van der Waals surface area contributed by atoms with Crippen molar-refractivity contribution in [3.8, 4) is 5.75 Å². The molecule has 0 saturated heterocycles. The zero-order chi connectivity index (χ0) is 19.8. The fourth-order valence-electron chi connectivity index (χ4n) is 2.42. The number of benzene rings is 2. The Morgan fingerprint density at radius 1 is 1.04 bits per heavy atom. The van der Waals surface area contributed by atoms with E-state index in [4.69, 9.17) is 16.3 Å². The number of anilines is 1. The maximum absolute atomic E-state index is 12.7. The average Bonchev–Trinajstić information content (AvgIpc) is 2.67. The summed E-state index contributed by atoms with van der Waals surface area (Å²) in [6.07, 6.45) is 0.554. The quantitative estimate of drug-likeness (QED) is 0.690. The summed E-state index contributed by atoms with van der Waals surface area (Å²) in [6.45, 7) is 5.78. The van der Waals surface area contributed by atoms with Gasteiger partial charge in [0.05, 0.1) is 16.3 Å². The molecule has 6 heteroatoms. The molecule has 0 radical (unpaired) electrons. The van der Waals surface area contributed by atoms with E-state index in [2.05, 4.69) is 10.6 Å². The number of ether oxygens (including phenoxy) is 1. The minimum Gasteiger partial charge on any atom is -0.479 e. The van der Waals surface area contributed by atoms with E-state index in [0.29, 0.717) is 28.4 Å². The van der Waals surface area contributed by atoms with E-state index < -0.39 is 6.10 Å². The number of amides is 2. The molecule has 2 aromatic rings. The SMILES string of the molecule is CC[C@@H](C)NC(=O)c1ccccc1NC(=O)[C@@H](CC)Oc1ccccc1Cl. The van der Waals surface area contributed by atoms with Crippen LogP contribution in [-0.2, 0) is 4.79 Å². The molecule has 0 heterocycles. The van der Waals surface area contributed by atoms with Gasteiger partial charge in [-0.1, -0.05) is 49.7 Å². The Balaban J connectivity index is 2.14. The van der Waals surface area contributed by atoms with Crippen LogP contribution in [0.3, 0.4) is 0 Å². The van der Waals surface area contributed by atoms with Gasteiger partial charge in [-0.25, -0.2) is 0 Å². The number of para-hydroxylation sites is 2. The van der Waals surface area contributed by atoms with Crippen LogP contribution in [0, 0.1) is 0 Å². The van der Waals surface area contributed by atoms with Gasteiger partial charge >= 0.3 is 0 Å². The van der Waals surface area contributed by atoms with Crippen LogP contribution in [0.5, 0.6) is 5.75 Å². The van der Waals surface area contributed by atoms with Gasteiger partial charge in [0.15, 0.2) is 6.10 Å². The summed E-state index contributed by atoms with van der Waals surface area (Å²) in [4.78, 5) is 25.2. The molecule has 2 aromatic carbocycles. The minimum absolute atomic E-state index is 0.0493. The van der Waals surface area contributed by atoms with Crippen molar-refractivity contribution in [3.63, 3.8) is 0 Å². The predicted octanol–water partition coefficient (Wildman–Crippen LogP) is 4.66. The molecule has 0 aliphatic rings. The number of halogens is 1. The first-order valence-electron chi connectivity index (χ1n) is 9.08. The van der Waals surface area contributed by atoms with Crippen molar-refractivity contribution in [2.75, 3.05) is 5.32 Å². The highest BCUT2D eigenvalue weighted by Crippen LogP contribution is 2.25. The topological polar surface area (TPSA) is 67.4 Å². The summed E-state index contributed by atoms with van der Waals surface area (Å²) in [5, 5.41) is 6.16. The van der Waals surface area contributed by atoms with Crippen molar-refractivity contribution in [2.24, 2.45) is 0 Å². The van der Waals surface area contributed by atoms with E-state index >= 15 is 0 Å². The van der Waals surface area contributed by atoms with Crippen molar-refractivity contribution in [3.05, 3.63) is 59.1 Å². The zero-order valence-corrected chi connectivity index (χ0v) is 16.5. The van der Waals surface area contributed by atoms with Gasteiger partial charge in [-0.05, 0) is 44.0 Å². The van der Waals surface area contributed by atoms with Gasteiger partial charge in [-0.15, -0.1) is 0 Å². The largest absolute Gasteiger partial charge is 0.479 e. The average molecular weight is 389 g/mol. The fourth-order valence-corrected chi connectivity index (χ4v) is 2.60. The van der Waals surface area contributed by atoms with E-state index in [-0.39, 0.29) is 17.9 Å². The Bertz CT molecular complexity index is 795. The summed E-state index contributed by atoms with van der Waals surface area (Å²) < 4.78 is 5.77. The second-order valence-corrected chi connectivity index (χ2v) is 6.67. The Hall–Kier alpha value is -2.53. The van der Waals surface area contributed by atoms with Gasteiger partial charge < -0.3 is 15.4 Å². The molecule has 0 bridgehead atoms. The standard InChI is InChI=1S/C21H25ClN2O3/c1-4-14(3)23-20(25)15-10-6-8-12-17(15)24-21(26)18(5-2)27-19-13-9-7-11-16(19)22/h6-14,18H,4-5H2,1-3H3,(H,23,25)(H,24,26)/t14-,18-/m1/s1. The lowest BCUT2D eigenvalue weighted by molar-refractivity contribution is -0.122. The van der Waals surface area contributed by atoms with Crippen LogP contribution in [0.2, 0.25) is 5.02 Å². The summed E-state index contributed by atoms with van der Waals surface area (Å²) in [5.41, 5.74) is 0.864. The van der Waals surface area contributed by atoms with Crippen LogP contribution in [0.25, 0.3) is 0 Å². The van der Waals surface area contributed by atoms with Crippen molar-refractivity contribution in [1.29, 1.82) is 0 Å². The predicted molar refractivity (Wildman–Crippen MR) is 108 cm³/mol. The van der Waals surface area contributed by atoms with Gasteiger partial charge in [-0.3, -0.25) is 9.59 Å². The molecule has 2 atom stereocenters. The minimum atomic E-state index is -0.726. The Labute approximate surface area is 165 Å². The molecule has 2 amide bonds. The van der Waals surface area contributed by atoms with Gasteiger partial charge in [0.1, 0.15) is 5.75 Å². The lowest BCUT2D eigenvalue weighted by Crippen LogP contribution is -2.35. The third-order valence-electron chi connectivity index (χ3n) is 4.19. The molecular weight excluding hydrogens is 364 g/mol. The van der Waals surface area contributed by atoms with E-state index in [9.17, 15) is 9.59 Å². The molecule has 27 heavy (non-hydrogen) atoms. The summed E-state index contributed by atoms with van der Waals surface area (Å²) in [5.74, 6) is -0.106. The molecule has 0 saturated carbocycles. The third kappa shape index (κ3) is 5.73. The van der Waals surface area contributed by atoms with Crippen LogP contribution >= 0.6 is 11.6 Å². The molecule has 0 unspecified atom stereocenters. The van der Waals surface area contributed by atoms with Gasteiger partial charge in [-0.2, -0.15) is 0 Å². The number of rotatable bonds is 8. The van der Waals surface area contributed by atoms with Crippen LogP contribution in [0.4, 0.5) is 5.69 Å². The van der Waals surface area contributed by atoms with Crippen LogP contribution < -0.4 is 15.4 Å². The number of hydrogen-bond acceptors (Lipinski definition) is 3. The molecule has 0 spiro atoms. The Kier molecular flexibility index (Phi) is 7.67. The number of nitrogens with one attached hydrogen (secondary N) is 2. The van der Waals surface area contributed by atoms with Crippen molar-refractivity contribution in [1.82, 2.24) is 5.32 Å². The molecule has 144 valence electrons. The molecule has 0 fully saturated rings. The van der Waals surface area contributed by atoms with Crippen molar-refractivity contribution >= 4 is 29.1 Å². The highest BCUT2D eigenvalue weighted by atomic mass is 35.5. The zero-order valence-electron chi connectivity index (χ0n) is 15.8. The van der Waals surface area contributed by atoms with Crippen LogP contribution in [0.1, 0.15) is 44.0 Å². The normalized spacial score (nSPS) is 12.7. The van der Waals surface area contributed by atoms with Crippen LogP contribution in [-0.4, -0.2) is 24.0 Å². The first-order valence-corrected chi connectivity index (χ1v) is 9.46. The molecule has 0 aliphatic carbocycles. The molecule has 2 rings (SSSR count). The molecule has 0 aromatic heterocycles. The van der Waals surface area contributed by atoms with Crippen molar-refractivity contribution in [2.45, 2.75) is 45.8 Å². The number of carbonyl (C=O) groups excluding carboxylic acids is 2. The molecule has 0 aliphatic heterocycles. The highest BCUT2D eigenvalue weighted by molar-refractivity contribution is 6.32. The lowest BCUT2D eigenvalue weighted by atomic mass is 10.1. The molecule has 5 nitrogen and oxygen atoms in total. The molecule has 2 N–H and O–H groups in total. The second-order valence-electron chi connectivity index (χ2n) is 6.26. The fraction of sp³-hybridized carbons (Fsp3) is 0.333. The van der Waals surface area contributed by atoms with Crippen LogP contribution in [0.15, 0.2) is 48.5 Å². The highest BCUT2D eigenvalue weighted by Gasteiger charge is 2.22. The summed E-state index contributed by atoms with van der Waals surface area (Å²) in [6, 6.07) is 14.0. The van der Waals surface area contributed by atoms with Gasteiger partial charge in [0.2, 0.25) is 0 Å².